The molecule has 2 N–H and O–H groups in total. The Morgan fingerprint density at radius 1 is 1.35 bits per heavy atom. The van der Waals surface area contributed by atoms with Crippen LogP contribution in [0.1, 0.15) is 29.4 Å². The van der Waals surface area contributed by atoms with Crippen LogP contribution >= 0.6 is 11.3 Å². The summed E-state index contributed by atoms with van der Waals surface area (Å²) in [4.78, 5) is 17.2. The first-order chi connectivity index (χ1) is 9.58. The molecule has 0 atom stereocenters. The molecule has 1 aliphatic heterocycles. The number of carbonyl (C=O) groups excluding carboxylic acids is 1. The zero-order valence-corrected chi connectivity index (χ0v) is 13.3. The molecule has 112 valence electrons. The van der Waals surface area contributed by atoms with Gasteiger partial charge in [-0.25, -0.2) is 0 Å². The SMILES string of the molecule is CCC(=O)c1sc(N2CCCN(C)CC2)c(OC)c1N. The molecular weight excluding hydrogens is 274 g/mol. The Morgan fingerprint density at radius 2 is 2.10 bits per heavy atom. The van der Waals surface area contributed by atoms with Gasteiger partial charge in [-0.3, -0.25) is 4.79 Å². The first-order valence-corrected chi connectivity index (χ1v) is 7.83. The third kappa shape index (κ3) is 2.91. The van der Waals surface area contributed by atoms with E-state index in [4.69, 9.17) is 10.5 Å². The van der Waals surface area contributed by atoms with Crippen LogP contribution in [0.15, 0.2) is 0 Å². The van der Waals surface area contributed by atoms with Crippen molar-refractivity contribution in [3.63, 3.8) is 0 Å². The monoisotopic (exact) mass is 297 g/mol. The number of nitrogens with two attached hydrogens (primary N) is 1. The fourth-order valence-electron chi connectivity index (χ4n) is 2.44. The number of hydrogen-bond acceptors (Lipinski definition) is 6. The first kappa shape index (κ1) is 15.1. The van der Waals surface area contributed by atoms with E-state index in [-0.39, 0.29) is 5.78 Å². The quantitative estimate of drug-likeness (QED) is 0.862. The topological polar surface area (TPSA) is 58.8 Å². The van der Waals surface area contributed by atoms with Crippen molar-refractivity contribution in [2.45, 2.75) is 19.8 Å². The second-order valence-corrected chi connectivity index (χ2v) is 6.10. The third-order valence-corrected chi connectivity index (χ3v) is 4.96. The number of anilines is 2. The van der Waals surface area contributed by atoms with Gasteiger partial charge in [-0.2, -0.15) is 0 Å². The molecule has 0 bridgehead atoms. The molecule has 1 aromatic rings. The second-order valence-electron chi connectivity index (χ2n) is 5.10. The maximum absolute atomic E-state index is 12.0. The predicted octanol–water partition coefficient (Wildman–Crippen LogP) is 2.07. The molecule has 1 aromatic heterocycles. The van der Waals surface area contributed by atoms with Gasteiger partial charge in [0.15, 0.2) is 11.5 Å². The van der Waals surface area contributed by atoms with Gasteiger partial charge in [-0.1, -0.05) is 6.92 Å². The van der Waals surface area contributed by atoms with E-state index in [1.54, 1.807) is 7.11 Å². The Kier molecular flexibility index (Phi) is 4.88. The van der Waals surface area contributed by atoms with Crippen LogP contribution in [0.3, 0.4) is 0 Å². The fraction of sp³-hybridized carbons (Fsp3) is 0.643. The number of ether oxygens (including phenoxy) is 1. The number of carbonyl (C=O) groups is 1. The summed E-state index contributed by atoms with van der Waals surface area (Å²) in [5.41, 5.74) is 6.59. The zero-order valence-electron chi connectivity index (χ0n) is 12.4. The third-order valence-electron chi connectivity index (χ3n) is 3.67. The van der Waals surface area contributed by atoms with Crippen LogP contribution in [-0.4, -0.2) is 51.0 Å². The summed E-state index contributed by atoms with van der Waals surface area (Å²) in [5.74, 6) is 0.750. The lowest BCUT2D eigenvalue weighted by atomic mass is 10.2. The molecule has 6 heteroatoms. The van der Waals surface area contributed by atoms with Gasteiger partial charge in [0.25, 0.3) is 0 Å². The molecule has 1 aliphatic rings. The highest BCUT2D eigenvalue weighted by Crippen LogP contribution is 2.45. The highest BCUT2D eigenvalue weighted by Gasteiger charge is 2.25. The number of likely N-dealkylation sites (N-methyl/N-ethyl adjacent to an activating group) is 1. The smallest absolute Gasteiger partial charge is 0.177 e. The number of ketones is 1. The van der Waals surface area contributed by atoms with E-state index in [0.29, 0.717) is 22.7 Å². The minimum absolute atomic E-state index is 0.0870. The molecular formula is C14H23N3O2S. The number of rotatable bonds is 4. The maximum atomic E-state index is 12.0. The minimum atomic E-state index is 0.0870. The number of nitrogen functional groups attached to an aromatic ring is 1. The van der Waals surface area contributed by atoms with Crippen molar-refractivity contribution in [3.8, 4) is 5.75 Å². The van der Waals surface area contributed by atoms with Crippen LogP contribution in [0, 0.1) is 0 Å². The van der Waals surface area contributed by atoms with E-state index in [0.717, 1.165) is 37.6 Å². The van der Waals surface area contributed by atoms with Crippen molar-refractivity contribution < 1.29 is 9.53 Å². The number of nitrogens with zero attached hydrogens (tertiary/aromatic N) is 2. The van der Waals surface area contributed by atoms with Crippen LogP contribution in [0.5, 0.6) is 5.75 Å². The molecule has 20 heavy (non-hydrogen) atoms. The van der Waals surface area contributed by atoms with Gasteiger partial charge in [0.1, 0.15) is 5.00 Å². The Labute approximate surface area is 124 Å². The Hall–Kier alpha value is -1.27. The molecule has 0 spiro atoms. The second kappa shape index (κ2) is 6.45. The Bertz CT molecular complexity index is 487. The van der Waals surface area contributed by atoms with Crippen LogP contribution in [-0.2, 0) is 0 Å². The Morgan fingerprint density at radius 3 is 2.75 bits per heavy atom. The molecule has 1 fully saturated rings. The summed E-state index contributed by atoms with van der Waals surface area (Å²) in [6, 6.07) is 0. The summed E-state index contributed by atoms with van der Waals surface area (Å²) in [7, 11) is 3.75. The molecule has 1 saturated heterocycles. The molecule has 2 heterocycles. The molecule has 5 nitrogen and oxygen atoms in total. The summed E-state index contributed by atoms with van der Waals surface area (Å²) >= 11 is 1.47. The van der Waals surface area contributed by atoms with E-state index in [2.05, 4.69) is 16.8 Å². The molecule has 0 radical (unpaired) electrons. The Balaban J connectivity index is 2.32. The van der Waals surface area contributed by atoms with E-state index in [9.17, 15) is 4.79 Å². The van der Waals surface area contributed by atoms with Gasteiger partial charge in [-0.15, -0.1) is 11.3 Å². The van der Waals surface area contributed by atoms with Crippen LogP contribution in [0.4, 0.5) is 10.7 Å². The normalized spacial score (nSPS) is 17.1. The number of hydrogen-bond donors (Lipinski definition) is 1. The van der Waals surface area contributed by atoms with Gasteiger partial charge >= 0.3 is 0 Å². The van der Waals surface area contributed by atoms with E-state index < -0.39 is 0 Å². The molecule has 0 aromatic carbocycles. The van der Waals surface area contributed by atoms with E-state index >= 15 is 0 Å². The predicted molar refractivity (Wildman–Crippen MR) is 84.2 cm³/mol. The lowest BCUT2D eigenvalue weighted by Gasteiger charge is -2.21. The van der Waals surface area contributed by atoms with Crippen molar-refractivity contribution in [3.05, 3.63) is 4.88 Å². The highest BCUT2D eigenvalue weighted by atomic mass is 32.1. The summed E-state index contributed by atoms with van der Waals surface area (Å²) in [6.45, 7) is 5.87. The van der Waals surface area contributed by atoms with Crippen molar-refractivity contribution in [1.82, 2.24) is 4.90 Å². The summed E-state index contributed by atoms with van der Waals surface area (Å²) in [5, 5.41) is 0.997. The van der Waals surface area contributed by atoms with Gasteiger partial charge in [-0.05, 0) is 20.0 Å². The average Bonchev–Trinajstić information content (AvgIpc) is 2.62. The minimum Gasteiger partial charge on any atom is -0.492 e. The summed E-state index contributed by atoms with van der Waals surface area (Å²) < 4.78 is 5.45. The maximum Gasteiger partial charge on any atom is 0.177 e. The highest BCUT2D eigenvalue weighted by molar-refractivity contribution is 7.19. The molecule has 0 aliphatic carbocycles. The van der Waals surface area contributed by atoms with Crippen molar-refractivity contribution in [1.29, 1.82) is 0 Å². The molecule has 0 amide bonds. The largest absolute Gasteiger partial charge is 0.492 e. The zero-order chi connectivity index (χ0) is 14.7. The van der Waals surface area contributed by atoms with E-state index in [1.807, 2.05) is 6.92 Å². The number of methoxy groups -OCH3 is 1. The number of thiophene rings is 1. The van der Waals surface area contributed by atoms with Gasteiger partial charge in [0.2, 0.25) is 0 Å². The molecule has 0 saturated carbocycles. The first-order valence-electron chi connectivity index (χ1n) is 7.01. The average molecular weight is 297 g/mol. The molecule has 0 unspecified atom stereocenters. The van der Waals surface area contributed by atoms with Gasteiger partial charge in [0, 0.05) is 26.1 Å². The van der Waals surface area contributed by atoms with Gasteiger partial charge < -0.3 is 20.3 Å². The van der Waals surface area contributed by atoms with Gasteiger partial charge in [0.05, 0.1) is 17.7 Å². The van der Waals surface area contributed by atoms with Crippen LogP contribution in [0.25, 0.3) is 0 Å². The van der Waals surface area contributed by atoms with Crippen molar-refractivity contribution >= 4 is 27.8 Å². The van der Waals surface area contributed by atoms with Crippen molar-refractivity contribution in [2.24, 2.45) is 0 Å². The number of Topliss-reactive ketones (excluding diaryl/α,β-unsaturated/α-hetero) is 1. The van der Waals surface area contributed by atoms with Crippen LogP contribution < -0.4 is 15.4 Å². The standard InChI is InChI=1S/C14H23N3O2S/c1-4-10(18)13-11(15)12(19-3)14(20-13)17-7-5-6-16(2)8-9-17/h4-9,15H2,1-3H3. The molecule has 2 rings (SSSR count). The van der Waals surface area contributed by atoms with E-state index in [1.165, 1.54) is 11.3 Å². The lowest BCUT2D eigenvalue weighted by molar-refractivity contribution is 0.0992. The lowest BCUT2D eigenvalue weighted by Crippen LogP contribution is -2.28. The fourth-order valence-corrected chi connectivity index (χ4v) is 3.69. The summed E-state index contributed by atoms with van der Waals surface area (Å²) in [6.07, 6.45) is 1.57. The van der Waals surface area contributed by atoms with Crippen molar-refractivity contribution in [2.75, 3.05) is 51.0 Å². The van der Waals surface area contributed by atoms with Crippen LogP contribution in [0.2, 0.25) is 0 Å².